The number of carbonyl (C=O) groups excluding carboxylic acids is 1. The van der Waals surface area contributed by atoms with Gasteiger partial charge >= 0.3 is 6.03 Å². The fourth-order valence-corrected chi connectivity index (χ4v) is 3.34. The molecule has 2 heterocycles. The molecule has 1 aromatic carbocycles. The molecular formula is C20H26N4O3. The van der Waals surface area contributed by atoms with Gasteiger partial charge in [-0.1, -0.05) is 0 Å². The number of hydrogen-bond acceptors (Lipinski definition) is 5. The molecule has 2 amide bonds. The van der Waals surface area contributed by atoms with Crippen LogP contribution in [-0.2, 0) is 0 Å². The van der Waals surface area contributed by atoms with E-state index >= 15 is 0 Å². The quantitative estimate of drug-likeness (QED) is 0.872. The molecule has 1 aromatic heterocycles. The highest BCUT2D eigenvalue weighted by Gasteiger charge is 2.32. The lowest BCUT2D eigenvalue weighted by atomic mass is 10.0. The second kappa shape index (κ2) is 8.16. The Bertz CT molecular complexity index is 792. The minimum absolute atomic E-state index is 0.0592. The highest BCUT2D eigenvalue weighted by molar-refractivity contribution is 5.89. The number of anilines is 2. The van der Waals surface area contributed by atoms with Crippen molar-refractivity contribution in [3.8, 4) is 11.5 Å². The molecule has 0 bridgehead atoms. The van der Waals surface area contributed by atoms with Gasteiger partial charge < -0.3 is 19.3 Å². The third-order valence-corrected chi connectivity index (χ3v) is 4.81. The average molecular weight is 370 g/mol. The van der Waals surface area contributed by atoms with Gasteiger partial charge in [0.2, 0.25) is 0 Å². The van der Waals surface area contributed by atoms with E-state index in [0.29, 0.717) is 12.4 Å². The Morgan fingerprint density at radius 2 is 2.04 bits per heavy atom. The number of ether oxygens (including phenoxy) is 2. The fraction of sp³-hybridized carbons (Fsp3) is 0.400. The molecule has 1 aliphatic heterocycles. The van der Waals surface area contributed by atoms with Crippen LogP contribution >= 0.6 is 0 Å². The van der Waals surface area contributed by atoms with Gasteiger partial charge in [0, 0.05) is 26.2 Å². The van der Waals surface area contributed by atoms with Crippen LogP contribution in [0, 0.1) is 0 Å². The molecule has 0 aliphatic carbocycles. The van der Waals surface area contributed by atoms with Gasteiger partial charge in [-0.05, 0) is 43.2 Å². The Labute approximate surface area is 159 Å². The highest BCUT2D eigenvalue weighted by Crippen LogP contribution is 2.39. The van der Waals surface area contributed by atoms with E-state index in [9.17, 15) is 4.79 Å². The Morgan fingerprint density at radius 1 is 1.22 bits per heavy atom. The first kappa shape index (κ1) is 18.8. The maximum Gasteiger partial charge on any atom is 0.323 e. The lowest BCUT2D eigenvalue weighted by Gasteiger charge is -2.26. The van der Waals surface area contributed by atoms with Crippen molar-refractivity contribution in [1.29, 1.82) is 0 Å². The van der Waals surface area contributed by atoms with Gasteiger partial charge in [0.25, 0.3) is 0 Å². The Kier molecular flexibility index (Phi) is 5.69. The number of benzene rings is 1. The molecule has 27 heavy (non-hydrogen) atoms. The van der Waals surface area contributed by atoms with Gasteiger partial charge in [0.15, 0.2) is 0 Å². The summed E-state index contributed by atoms with van der Waals surface area (Å²) < 4.78 is 10.9. The molecule has 0 saturated carbocycles. The fourth-order valence-electron chi connectivity index (χ4n) is 3.34. The van der Waals surface area contributed by atoms with Crippen molar-refractivity contribution in [2.24, 2.45) is 0 Å². The molecule has 0 radical (unpaired) electrons. The molecule has 0 unspecified atom stereocenters. The molecule has 0 spiro atoms. The number of likely N-dealkylation sites (tertiary alicyclic amines) is 1. The zero-order chi connectivity index (χ0) is 19.4. The SMILES string of the molecule is COc1ccc(OC)c([C@@H]2CCCN2C(=O)Nc2ccc(N(C)C)cn2)c1. The number of aromatic nitrogens is 1. The van der Waals surface area contributed by atoms with Crippen molar-refractivity contribution in [3.05, 3.63) is 42.1 Å². The van der Waals surface area contributed by atoms with Gasteiger partial charge in [-0.25, -0.2) is 9.78 Å². The predicted molar refractivity (Wildman–Crippen MR) is 106 cm³/mol. The number of pyridine rings is 1. The van der Waals surface area contributed by atoms with Gasteiger partial charge in [-0.15, -0.1) is 0 Å². The van der Waals surface area contributed by atoms with Crippen molar-refractivity contribution in [3.63, 3.8) is 0 Å². The predicted octanol–water partition coefficient (Wildman–Crippen LogP) is 3.53. The molecule has 7 heteroatoms. The lowest BCUT2D eigenvalue weighted by molar-refractivity contribution is 0.206. The molecule has 2 aromatic rings. The number of amides is 2. The number of hydrogen-bond donors (Lipinski definition) is 1. The summed E-state index contributed by atoms with van der Waals surface area (Å²) in [5.41, 5.74) is 1.94. The first-order valence-electron chi connectivity index (χ1n) is 8.96. The first-order chi connectivity index (χ1) is 13.0. The third-order valence-electron chi connectivity index (χ3n) is 4.81. The normalized spacial score (nSPS) is 16.1. The molecule has 1 atom stereocenters. The van der Waals surface area contributed by atoms with Crippen LogP contribution in [0.15, 0.2) is 36.5 Å². The van der Waals surface area contributed by atoms with E-state index in [4.69, 9.17) is 9.47 Å². The van der Waals surface area contributed by atoms with E-state index in [0.717, 1.165) is 35.6 Å². The summed E-state index contributed by atoms with van der Waals surface area (Å²) in [7, 11) is 7.17. The molecule has 3 rings (SSSR count). The van der Waals surface area contributed by atoms with E-state index < -0.39 is 0 Å². The number of methoxy groups -OCH3 is 2. The Balaban J connectivity index is 1.78. The monoisotopic (exact) mass is 370 g/mol. The number of nitrogens with zero attached hydrogens (tertiary/aromatic N) is 3. The van der Waals surface area contributed by atoms with E-state index in [2.05, 4.69) is 10.3 Å². The van der Waals surface area contributed by atoms with Gasteiger partial charge in [0.05, 0.1) is 32.1 Å². The Hall–Kier alpha value is -2.96. The minimum Gasteiger partial charge on any atom is -0.497 e. The number of nitrogens with one attached hydrogen (secondary N) is 1. The topological polar surface area (TPSA) is 66.9 Å². The van der Waals surface area contributed by atoms with Crippen LogP contribution in [0.4, 0.5) is 16.3 Å². The second-order valence-corrected chi connectivity index (χ2v) is 6.69. The zero-order valence-electron chi connectivity index (χ0n) is 16.2. The Morgan fingerprint density at radius 3 is 2.67 bits per heavy atom. The molecule has 1 aliphatic rings. The van der Waals surface area contributed by atoms with Crippen LogP contribution in [0.1, 0.15) is 24.4 Å². The van der Waals surface area contributed by atoms with E-state index in [-0.39, 0.29) is 12.1 Å². The third kappa shape index (κ3) is 4.07. The molecule has 144 valence electrons. The van der Waals surface area contributed by atoms with Crippen molar-refractivity contribution in [2.45, 2.75) is 18.9 Å². The van der Waals surface area contributed by atoms with E-state index in [1.165, 1.54) is 0 Å². The van der Waals surface area contributed by atoms with Crippen molar-refractivity contribution in [2.75, 3.05) is 45.1 Å². The van der Waals surface area contributed by atoms with Crippen LogP contribution < -0.4 is 19.7 Å². The number of rotatable bonds is 5. The largest absolute Gasteiger partial charge is 0.497 e. The summed E-state index contributed by atoms with van der Waals surface area (Å²) in [5, 5.41) is 2.90. The van der Waals surface area contributed by atoms with Gasteiger partial charge in [0.1, 0.15) is 17.3 Å². The molecule has 1 saturated heterocycles. The van der Waals surface area contributed by atoms with Gasteiger partial charge in [-0.2, -0.15) is 0 Å². The second-order valence-electron chi connectivity index (χ2n) is 6.69. The average Bonchev–Trinajstić information content (AvgIpc) is 3.17. The molecule has 1 fully saturated rings. The van der Waals surface area contributed by atoms with Gasteiger partial charge in [-0.3, -0.25) is 5.32 Å². The lowest BCUT2D eigenvalue weighted by Crippen LogP contribution is -2.34. The summed E-state index contributed by atoms with van der Waals surface area (Å²) >= 11 is 0. The van der Waals surface area contributed by atoms with Crippen LogP contribution in [-0.4, -0.2) is 50.8 Å². The number of urea groups is 1. The van der Waals surface area contributed by atoms with Crippen LogP contribution in [0.5, 0.6) is 11.5 Å². The van der Waals surface area contributed by atoms with Crippen LogP contribution in [0.2, 0.25) is 0 Å². The summed E-state index contributed by atoms with van der Waals surface area (Å²) in [4.78, 5) is 21.0. The summed E-state index contributed by atoms with van der Waals surface area (Å²) in [6.45, 7) is 0.687. The van der Waals surface area contributed by atoms with E-state index in [1.54, 1.807) is 20.4 Å². The first-order valence-corrected chi connectivity index (χ1v) is 8.96. The molecule has 7 nitrogen and oxygen atoms in total. The van der Waals surface area contributed by atoms with Crippen molar-refractivity contribution in [1.82, 2.24) is 9.88 Å². The maximum atomic E-state index is 12.9. The maximum absolute atomic E-state index is 12.9. The highest BCUT2D eigenvalue weighted by atomic mass is 16.5. The van der Waals surface area contributed by atoms with E-state index in [1.807, 2.05) is 54.2 Å². The molecule has 1 N–H and O–H groups in total. The van der Waals surface area contributed by atoms with Crippen LogP contribution in [0.25, 0.3) is 0 Å². The standard InChI is InChI=1S/C20H26N4O3/c1-23(2)14-7-10-19(21-13-14)22-20(25)24-11-5-6-17(24)16-12-15(26-3)8-9-18(16)27-4/h7-10,12-13,17H,5-6,11H2,1-4H3,(H,21,22,25)/t17-/m0/s1. The van der Waals surface area contributed by atoms with Crippen LogP contribution in [0.3, 0.4) is 0 Å². The molecular weight excluding hydrogens is 344 g/mol. The summed E-state index contributed by atoms with van der Waals surface area (Å²) in [5.74, 6) is 2.04. The minimum atomic E-state index is -0.160. The zero-order valence-corrected chi connectivity index (χ0v) is 16.2. The summed E-state index contributed by atoms with van der Waals surface area (Å²) in [6, 6.07) is 9.20. The smallest absolute Gasteiger partial charge is 0.323 e. The van der Waals surface area contributed by atoms with Crippen molar-refractivity contribution < 1.29 is 14.3 Å². The number of carbonyl (C=O) groups is 1. The van der Waals surface area contributed by atoms with Crippen molar-refractivity contribution >= 4 is 17.5 Å². The summed E-state index contributed by atoms with van der Waals surface area (Å²) in [6.07, 6.45) is 3.55.